The monoisotopic (exact) mass is 209 g/mol. The van der Waals surface area contributed by atoms with Crippen molar-refractivity contribution in [2.45, 2.75) is 0 Å². The minimum Gasteiger partial charge on any atom is -0.478 e. The molecule has 0 aliphatic rings. The molecular formula is C10H8ClNO2. The van der Waals surface area contributed by atoms with Crippen LogP contribution in [-0.4, -0.2) is 15.6 Å². The summed E-state index contributed by atoms with van der Waals surface area (Å²) >= 11 is 5.94. The van der Waals surface area contributed by atoms with E-state index in [0.29, 0.717) is 10.5 Å². The Balaban J connectivity index is 2.92. The van der Waals surface area contributed by atoms with E-state index in [1.165, 1.54) is 0 Å². The number of carboxylic acid groups (broad SMARTS) is 1. The Labute approximate surface area is 85.5 Å². The smallest absolute Gasteiger partial charge is 0.337 e. The van der Waals surface area contributed by atoms with Crippen molar-refractivity contribution >= 4 is 28.5 Å². The van der Waals surface area contributed by atoms with Crippen molar-refractivity contribution in [1.82, 2.24) is 4.57 Å². The minimum absolute atomic E-state index is 0.275. The summed E-state index contributed by atoms with van der Waals surface area (Å²) in [6.07, 6.45) is 1.71. The van der Waals surface area contributed by atoms with Crippen LogP contribution in [0.5, 0.6) is 0 Å². The van der Waals surface area contributed by atoms with Gasteiger partial charge in [-0.25, -0.2) is 4.79 Å². The van der Waals surface area contributed by atoms with E-state index in [1.54, 1.807) is 29.9 Å². The lowest BCUT2D eigenvalue weighted by Crippen LogP contribution is -1.99. The zero-order valence-corrected chi connectivity index (χ0v) is 8.25. The van der Waals surface area contributed by atoms with E-state index in [1.807, 2.05) is 6.07 Å². The van der Waals surface area contributed by atoms with E-state index in [-0.39, 0.29) is 5.56 Å². The van der Waals surface area contributed by atoms with Crippen LogP contribution in [0.4, 0.5) is 0 Å². The van der Waals surface area contributed by atoms with Crippen LogP contribution in [0.1, 0.15) is 10.4 Å². The summed E-state index contributed by atoms with van der Waals surface area (Å²) in [5.74, 6) is -0.937. The first-order chi connectivity index (χ1) is 6.61. The number of halogens is 1. The third-order valence-corrected chi connectivity index (χ3v) is 2.48. The summed E-state index contributed by atoms with van der Waals surface area (Å²) in [7, 11) is 1.78. The highest BCUT2D eigenvalue weighted by Gasteiger charge is 2.12. The molecule has 0 radical (unpaired) electrons. The molecule has 0 aliphatic carbocycles. The third-order valence-electron chi connectivity index (χ3n) is 2.18. The van der Waals surface area contributed by atoms with Crippen LogP contribution >= 0.6 is 11.6 Å². The van der Waals surface area contributed by atoms with E-state index in [4.69, 9.17) is 16.7 Å². The van der Waals surface area contributed by atoms with Gasteiger partial charge in [-0.05, 0) is 6.07 Å². The highest BCUT2D eigenvalue weighted by molar-refractivity contribution is 6.36. The van der Waals surface area contributed by atoms with Crippen molar-refractivity contribution in [2.75, 3.05) is 0 Å². The zero-order chi connectivity index (χ0) is 10.3. The molecule has 72 valence electrons. The predicted octanol–water partition coefficient (Wildman–Crippen LogP) is 2.53. The van der Waals surface area contributed by atoms with E-state index >= 15 is 0 Å². The van der Waals surface area contributed by atoms with Crippen molar-refractivity contribution < 1.29 is 9.90 Å². The maximum Gasteiger partial charge on any atom is 0.337 e. The average molecular weight is 210 g/mol. The fraction of sp³-hybridized carbons (Fsp3) is 0.100. The van der Waals surface area contributed by atoms with Gasteiger partial charge >= 0.3 is 5.97 Å². The molecule has 1 N–H and O–H groups in total. The molecule has 0 fully saturated rings. The van der Waals surface area contributed by atoms with Gasteiger partial charge in [0.1, 0.15) is 0 Å². The lowest BCUT2D eigenvalue weighted by atomic mass is 10.1. The maximum absolute atomic E-state index is 10.9. The van der Waals surface area contributed by atoms with E-state index in [9.17, 15) is 4.79 Å². The highest BCUT2D eigenvalue weighted by atomic mass is 35.5. The number of hydrogen-bond acceptors (Lipinski definition) is 1. The molecule has 0 aliphatic heterocycles. The van der Waals surface area contributed by atoms with Gasteiger partial charge in [-0.3, -0.25) is 0 Å². The Morgan fingerprint density at radius 2 is 2.21 bits per heavy atom. The van der Waals surface area contributed by atoms with E-state index in [2.05, 4.69) is 0 Å². The highest BCUT2D eigenvalue weighted by Crippen LogP contribution is 2.27. The Morgan fingerprint density at radius 1 is 1.50 bits per heavy atom. The molecule has 2 aromatic rings. The molecule has 4 heteroatoms. The second-order valence-corrected chi connectivity index (χ2v) is 3.50. The second kappa shape index (κ2) is 3.03. The Hall–Kier alpha value is -1.48. The van der Waals surface area contributed by atoms with Gasteiger partial charge < -0.3 is 9.67 Å². The molecule has 3 nitrogen and oxygen atoms in total. The number of aryl methyl sites for hydroxylation is 1. The lowest BCUT2D eigenvalue weighted by molar-refractivity contribution is 0.0698. The van der Waals surface area contributed by atoms with Crippen LogP contribution < -0.4 is 0 Å². The number of para-hydroxylation sites is 1. The number of rotatable bonds is 1. The SMILES string of the molecule is Cn1cc(Cl)c2cccc(C(=O)O)c21. The van der Waals surface area contributed by atoms with Crippen molar-refractivity contribution in [3.63, 3.8) is 0 Å². The van der Waals surface area contributed by atoms with E-state index < -0.39 is 5.97 Å². The van der Waals surface area contributed by atoms with Gasteiger partial charge in [-0.1, -0.05) is 23.7 Å². The normalized spacial score (nSPS) is 10.7. The molecule has 0 unspecified atom stereocenters. The molecule has 1 aromatic heterocycles. The molecule has 0 atom stereocenters. The van der Waals surface area contributed by atoms with Crippen LogP contribution in [0.2, 0.25) is 5.02 Å². The third kappa shape index (κ3) is 1.17. The van der Waals surface area contributed by atoms with Crippen molar-refractivity contribution in [1.29, 1.82) is 0 Å². The van der Waals surface area contributed by atoms with Crippen LogP contribution in [0, 0.1) is 0 Å². The number of aromatic carboxylic acids is 1. The summed E-state index contributed by atoms with van der Waals surface area (Å²) < 4.78 is 1.72. The molecule has 2 rings (SSSR count). The van der Waals surface area contributed by atoms with Gasteiger partial charge in [0.25, 0.3) is 0 Å². The van der Waals surface area contributed by atoms with Crippen LogP contribution in [-0.2, 0) is 7.05 Å². The van der Waals surface area contributed by atoms with Gasteiger partial charge in [0.2, 0.25) is 0 Å². The number of carboxylic acids is 1. The molecular weight excluding hydrogens is 202 g/mol. The average Bonchev–Trinajstić information content (AvgIpc) is 2.43. The molecule has 0 amide bonds. The minimum atomic E-state index is -0.937. The first kappa shape index (κ1) is 9.09. The van der Waals surface area contributed by atoms with Crippen molar-refractivity contribution in [3.05, 3.63) is 35.0 Å². The predicted molar refractivity (Wildman–Crippen MR) is 54.9 cm³/mol. The Bertz CT molecular complexity index is 516. The molecule has 0 bridgehead atoms. The Morgan fingerprint density at radius 3 is 2.86 bits per heavy atom. The van der Waals surface area contributed by atoms with Crippen molar-refractivity contribution in [3.8, 4) is 0 Å². The lowest BCUT2D eigenvalue weighted by Gasteiger charge is -2.00. The number of nitrogens with zero attached hydrogens (tertiary/aromatic N) is 1. The number of benzene rings is 1. The summed E-state index contributed by atoms with van der Waals surface area (Å²) in [4.78, 5) is 10.9. The van der Waals surface area contributed by atoms with Crippen molar-refractivity contribution in [2.24, 2.45) is 7.05 Å². The number of fused-ring (bicyclic) bond motifs is 1. The van der Waals surface area contributed by atoms with Gasteiger partial charge in [-0.2, -0.15) is 0 Å². The quantitative estimate of drug-likeness (QED) is 0.784. The van der Waals surface area contributed by atoms with Crippen LogP contribution in [0.3, 0.4) is 0 Å². The first-order valence-corrected chi connectivity index (χ1v) is 4.46. The van der Waals surface area contributed by atoms with Gasteiger partial charge in [0.15, 0.2) is 0 Å². The van der Waals surface area contributed by atoms with Gasteiger partial charge in [0.05, 0.1) is 16.1 Å². The van der Waals surface area contributed by atoms with Crippen LogP contribution in [0.25, 0.3) is 10.9 Å². The fourth-order valence-electron chi connectivity index (χ4n) is 1.59. The maximum atomic E-state index is 10.9. The summed E-state index contributed by atoms with van der Waals surface area (Å²) in [6, 6.07) is 5.07. The molecule has 14 heavy (non-hydrogen) atoms. The fourth-order valence-corrected chi connectivity index (χ4v) is 1.89. The van der Waals surface area contributed by atoms with Crippen LogP contribution in [0.15, 0.2) is 24.4 Å². The standard InChI is InChI=1S/C10H8ClNO2/c1-12-5-8(11)6-3-2-4-7(9(6)12)10(13)14/h2-5H,1H3,(H,13,14). The molecule has 1 heterocycles. The molecule has 0 saturated heterocycles. The molecule has 0 saturated carbocycles. The number of hydrogen-bond donors (Lipinski definition) is 1. The zero-order valence-electron chi connectivity index (χ0n) is 7.49. The van der Waals surface area contributed by atoms with Gasteiger partial charge in [0, 0.05) is 18.6 Å². The largest absolute Gasteiger partial charge is 0.478 e. The number of carbonyl (C=O) groups is 1. The summed E-state index contributed by atoms with van der Waals surface area (Å²) in [5.41, 5.74) is 0.932. The first-order valence-electron chi connectivity index (χ1n) is 4.08. The summed E-state index contributed by atoms with van der Waals surface area (Å²) in [5, 5.41) is 10.3. The van der Waals surface area contributed by atoms with Gasteiger partial charge in [-0.15, -0.1) is 0 Å². The Kier molecular flexibility index (Phi) is 1.97. The topological polar surface area (TPSA) is 42.2 Å². The molecule has 0 spiro atoms. The second-order valence-electron chi connectivity index (χ2n) is 3.09. The molecule has 1 aromatic carbocycles. The number of aromatic nitrogens is 1. The summed E-state index contributed by atoms with van der Waals surface area (Å²) in [6.45, 7) is 0. The van der Waals surface area contributed by atoms with E-state index in [0.717, 1.165) is 5.39 Å².